The molecule has 0 spiro atoms. The van der Waals surface area contributed by atoms with Crippen LogP contribution >= 0.6 is 11.6 Å². The van der Waals surface area contributed by atoms with E-state index in [4.69, 9.17) is 11.6 Å². The zero-order valence-electron chi connectivity index (χ0n) is 12.5. The fraction of sp³-hybridized carbons (Fsp3) is 0.533. The zero-order valence-corrected chi connectivity index (χ0v) is 13.2. The molecule has 0 aliphatic heterocycles. The number of hydrogen-bond donors (Lipinski definition) is 3. The average Bonchev–Trinajstić information content (AvgIpc) is 2.37. The molecule has 6 heteroatoms. The monoisotopic (exact) mass is 316 g/mol. The van der Waals surface area contributed by atoms with E-state index in [2.05, 4.69) is 10.6 Å². The fourth-order valence-corrected chi connectivity index (χ4v) is 2.18. The van der Waals surface area contributed by atoms with Gasteiger partial charge in [0.2, 0.25) is 0 Å². The molecule has 1 aromatic carbocycles. The Hall–Kier alpha value is -1.33. The predicted molar refractivity (Wildman–Crippen MR) is 81.8 cm³/mol. The summed E-state index contributed by atoms with van der Waals surface area (Å²) < 4.78 is 13.0. The Bertz CT molecular complexity index is 483. The quantitative estimate of drug-likeness (QED) is 0.754. The molecule has 0 aliphatic carbocycles. The minimum Gasteiger partial charge on any atom is -0.393 e. The second kappa shape index (κ2) is 8.20. The molecule has 1 rings (SSSR count). The minimum absolute atomic E-state index is 0.159. The van der Waals surface area contributed by atoms with Crippen molar-refractivity contribution >= 4 is 17.6 Å². The number of benzene rings is 1. The van der Waals surface area contributed by atoms with Crippen LogP contribution in [0.3, 0.4) is 0 Å². The maximum Gasteiger partial charge on any atom is 0.315 e. The summed E-state index contributed by atoms with van der Waals surface area (Å²) >= 11 is 5.94. The fourth-order valence-electron chi connectivity index (χ4n) is 1.85. The number of halogens is 2. The summed E-state index contributed by atoms with van der Waals surface area (Å²) in [4.78, 5) is 11.7. The maximum atomic E-state index is 13.0. The van der Waals surface area contributed by atoms with Crippen molar-refractivity contribution in [3.8, 4) is 0 Å². The molecule has 118 valence electrons. The summed E-state index contributed by atoms with van der Waals surface area (Å²) in [7, 11) is 0. The zero-order chi connectivity index (χ0) is 16.0. The molecule has 0 heterocycles. The van der Waals surface area contributed by atoms with Crippen molar-refractivity contribution in [2.75, 3.05) is 6.54 Å². The van der Waals surface area contributed by atoms with E-state index < -0.39 is 11.9 Å². The number of rotatable bonds is 6. The molecule has 0 aromatic heterocycles. The van der Waals surface area contributed by atoms with Gasteiger partial charge in [0.15, 0.2) is 0 Å². The lowest BCUT2D eigenvalue weighted by Gasteiger charge is -2.18. The van der Waals surface area contributed by atoms with Crippen molar-refractivity contribution in [1.82, 2.24) is 10.6 Å². The molecule has 0 radical (unpaired) electrons. The number of aliphatic hydroxyl groups excluding tert-OH is 1. The molecule has 0 saturated heterocycles. The molecule has 0 aliphatic rings. The highest BCUT2D eigenvalue weighted by Crippen LogP contribution is 2.23. The van der Waals surface area contributed by atoms with Crippen molar-refractivity contribution in [2.45, 2.75) is 39.3 Å². The number of nitrogens with one attached hydrogen (secondary N) is 2. The van der Waals surface area contributed by atoms with Crippen LogP contribution in [0.4, 0.5) is 9.18 Å². The Balaban J connectivity index is 2.43. The van der Waals surface area contributed by atoms with Gasteiger partial charge in [-0.1, -0.05) is 31.5 Å². The highest BCUT2D eigenvalue weighted by atomic mass is 35.5. The highest BCUT2D eigenvalue weighted by Gasteiger charge is 2.14. The van der Waals surface area contributed by atoms with E-state index in [0.717, 1.165) is 0 Å². The molecule has 4 nitrogen and oxygen atoms in total. The Morgan fingerprint density at radius 1 is 1.38 bits per heavy atom. The van der Waals surface area contributed by atoms with Crippen LogP contribution in [0.2, 0.25) is 5.02 Å². The van der Waals surface area contributed by atoms with E-state index in [1.807, 2.05) is 13.8 Å². The standard InChI is InChI=1S/C15H22ClFN2O2/c1-9(2)14(20)6-7-18-15(21)19-10(3)12-5-4-11(17)8-13(12)16/h4-5,8-10,14,20H,6-7H2,1-3H3,(H2,18,19,21). The van der Waals surface area contributed by atoms with Gasteiger partial charge in [0.25, 0.3) is 0 Å². The molecule has 1 aromatic rings. The third-order valence-corrected chi connectivity index (χ3v) is 3.60. The van der Waals surface area contributed by atoms with Gasteiger partial charge in [-0.05, 0) is 37.0 Å². The maximum absolute atomic E-state index is 13.0. The van der Waals surface area contributed by atoms with Gasteiger partial charge in [-0.3, -0.25) is 0 Å². The van der Waals surface area contributed by atoms with Crippen molar-refractivity contribution in [3.63, 3.8) is 0 Å². The van der Waals surface area contributed by atoms with Gasteiger partial charge in [0, 0.05) is 11.6 Å². The van der Waals surface area contributed by atoms with E-state index in [1.165, 1.54) is 12.1 Å². The average molecular weight is 317 g/mol. The third kappa shape index (κ3) is 5.89. The summed E-state index contributed by atoms with van der Waals surface area (Å²) in [5.41, 5.74) is 0.649. The van der Waals surface area contributed by atoms with E-state index in [0.29, 0.717) is 18.5 Å². The molecular formula is C15H22ClFN2O2. The van der Waals surface area contributed by atoms with Gasteiger partial charge in [0.1, 0.15) is 5.82 Å². The van der Waals surface area contributed by atoms with Gasteiger partial charge in [-0.15, -0.1) is 0 Å². The summed E-state index contributed by atoms with van der Waals surface area (Å²) in [6, 6.07) is 3.37. The van der Waals surface area contributed by atoms with Gasteiger partial charge >= 0.3 is 6.03 Å². The molecule has 2 unspecified atom stereocenters. The first-order chi connectivity index (χ1) is 9.81. The largest absolute Gasteiger partial charge is 0.393 e. The number of aliphatic hydroxyl groups is 1. The Kier molecular flexibility index (Phi) is 6.92. The number of amides is 2. The van der Waals surface area contributed by atoms with Gasteiger partial charge in [-0.25, -0.2) is 9.18 Å². The van der Waals surface area contributed by atoms with E-state index in [1.54, 1.807) is 13.0 Å². The molecule has 3 N–H and O–H groups in total. The molecule has 2 atom stereocenters. The lowest BCUT2D eigenvalue weighted by molar-refractivity contribution is 0.116. The molecule has 0 bridgehead atoms. The number of urea groups is 1. The summed E-state index contributed by atoms with van der Waals surface area (Å²) in [6.45, 7) is 5.99. The van der Waals surface area contributed by atoms with Crippen molar-refractivity contribution < 1.29 is 14.3 Å². The molecule has 0 fully saturated rings. The van der Waals surface area contributed by atoms with Crippen LogP contribution in [0.25, 0.3) is 0 Å². The highest BCUT2D eigenvalue weighted by molar-refractivity contribution is 6.31. The minimum atomic E-state index is -0.436. The molecule has 21 heavy (non-hydrogen) atoms. The van der Waals surface area contributed by atoms with Gasteiger partial charge in [0.05, 0.1) is 12.1 Å². The first-order valence-electron chi connectivity index (χ1n) is 6.98. The Labute approximate surface area is 129 Å². The van der Waals surface area contributed by atoms with Crippen molar-refractivity contribution in [1.29, 1.82) is 0 Å². The number of carbonyl (C=O) groups is 1. The van der Waals surface area contributed by atoms with Crippen LogP contribution in [0.1, 0.15) is 38.8 Å². The third-order valence-electron chi connectivity index (χ3n) is 3.27. The predicted octanol–water partition coefficient (Wildman–Crippen LogP) is 3.25. The normalized spacial score (nSPS) is 13.9. The van der Waals surface area contributed by atoms with Crippen LogP contribution in [0, 0.1) is 11.7 Å². The lowest BCUT2D eigenvalue weighted by atomic mass is 10.0. The summed E-state index contributed by atoms with van der Waals surface area (Å²) in [6.07, 6.45) is 0.0609. The Morgan fingerprint density at radius 3 is 2.62 bits per heavy atom. The first kappa shape index (κ1) is 17.7. The SMILES string of the molecule is CC(NC(=O)NCCC(O)C(C)C)c1ccc(F)cc1Cl. The van der Waals surface area contributed by atoms with Crippen LogP contribution < -0.4 is 10.6 Å². The van der Waals surface area contributed by atoms with Gasteiger partial charge < -0.3 is 15.7 Å². The van der Waals surface area contributed by atoms with Crippen LogP contribution in [0.15, 0.2) is 18.2 Å². The van der Waals surface area contributed by atoms with E-state index in [9.17, 15) is 14.3 Å². The van der Waals surface area contributed by atoms with Crippen molar-refractivity contribution in [2.24, 2.45) is 5.92 Å². The van der Waals surface area contributed by atoms with Gasteiger partial charge in [-0.2, -0.15) is 0 Å². The first-order valence-corrected chi connectivity index (χ1v) is 7.36. The Morgan fingerprint density at radius 2 is 2.05 bits per heavy atom. The van der Waals surface area contributed by atoms with Crippen LogP contribution in [-0.2, 0) is 0 Å². The summed E-state index contributed by atoms with van der Waals surface area (Å²) in [5.74, 6) is -0.255. The lowest BCUT2D eigenvalue weighted by Crippen LogP contribution is -2.38. The topological polar surface area (TPSA) is 61.4 Å². The smallest absolute Gasteiger partial charge is 0.315 e. The summed E-state index contributed by atoms with van der Waals surface area (Å²) in [5, 5.41) is 15.3. The van der Waals surface area contributed by atoms with E-state index in [-0.39, 0.29) is 23.0 Å². The molecule has 2 amide bonds. The van der Waals surface area contributed by atoms with Crippen molar-refractivity contribution in [3.05, 3.63) is 34.6 Å². The second-order valence-corrected chi connectivity index (χ2v) is 5.80. The molecular weight excluding hydrogens is 295 g/mol. The van der Waals surface area contributed by atoms with Crippen LogP contribution in [0.5, 0.6) is 0 Å². The second-order valence-electron chi connectivity index (χ2n) is 5.39. The van der Waals surface area contributed by atoms with Crippen LogP contribution in [-0.4, -0.2) is 23.8 Å². The molecule has 0 saturated carbocycles. The number of hydrogen-bond acceptors (Lipinski definition) is 2. The number of carbonyl (C=O) groups excluding carboxylic acids is 1. The van der Waals surface area contributed by atoms with E-state index >= 15 is 0 Å².